The topological polar surface area (TPSA) is 114 Å². The summed E-state index contributed by atoms with van der Waals surface area (Å²) in [6, 6.07) is -0.559. The highest BCUT2D eigenvalue weighted by atomic mass is 31.2. The molecule has 2 atom stereocenters. The van der Waals surface area contributed by atoms with Gasteiger partial charge in [-0.1, -0.05) is 13.8 Å². The van der Waals surface area contributed by atoms with Crippen LogP contribution in [-0.4, -0.2) is 48.8 Å². The van der Waals surface area contributed by atoms with Gasteiger partial charge in [-0.3, -0.25) is 4.79 Å². The number of aliphatic hydroxyl groups is 1. The van der Waals surface area contributed by atoms with Gasteiger partial charge in [-0.2, -0.15) is 0 Å². The Morgan fingerprint density at radius 2 is 2.12 bits per heavy atom. The second kappa shape index (κ2) is 13.8. The lowest BCUT2D eigenvalue weighted by molar-refractivity contribution is -0.122. The van der Waals surface area contributed by atoms with E-state index in [1.54, 1.807) is 0 Å². The summed E-state index contributed by atoms with van der Waals surface area (Å²) in [5.41, 5.74) is 5.18. The summed E-state index contributed by atoms with van der Waals surface area (Å²) in [5.74, 6) is -0.264. The molecule has 0 aliphatic heterocycles. The first-order chi connectivity index (χ1) is 8.13. The molecule has 0 spiro atoms. The largest absolute Gasteiger partial charge is 0.394 e. The van der Waals surface area contributed by atoms with E-state index >= 15 is 0 Å². The van der Waals surface area contributed by atoms with Crippen LogP contribution in [0.4, 0.5) is 0 Å². The highest BCUT2D eigenvalue weighted by Gasteiger charge is 2.13. The lowest BCUT2D eigenvalue weighted by atomic mass is 10.3. The van der Waals surface area contributed by atoms with Crippen LogP contribution >= 0.6 is 8.60 Å². The molecule has 0 aliphatic rings. The molecule has 0 heterocycles. The van der Waals surface area contributed by atoms with E-state index in [0.717, 1.165) is 0 Å². The average molecular weight is 270 g/mol. The molecule has 0 aromatic carbocycles. The van der Waals surface area contributed by atoms with E-state index in [1.807, 2.05) is 13.8 Å². The fourth-order valence-electron chi connectivity index (χ4n) is 0.777. The summed E-state index contributed by atoms with van der Waals surface area (Å²) in [6.45, 7) is 3.96. The SMILES string of the molecule is CC.COP(O)OCC(CO)NC(=O)CCN. The van der Waals surface area contributed by atoms with Crippen LogP contribution in [0.5, 0.6) is 0 Å². The standard InChI is InChI=1S/C7H17N2O5P.C2H6/c1-13-15(12)14-5-6(4-10)9-7(11)2-3-8;1-2/h6,10,12H,2-5,8H2,1H3,(H,9,11);1-2H3. The molecule has 0 radical (unpaired) electrons. The van der Waals surface area contributed by atoms with Crippen molar-refractivity contribution in [2.24, 2.45) is 5.73 Å². The Kier molecular flexibility index (Phi) is 15.4. The van der Waals surface area contributed by atoms with Gasteiger partial charge < -0.3 is 30.1 Å². The predicted octanol–water partition coefficient (Wildman–Crippen LogP) is -0.279. The second-order valence-corrected chi connectivity index (χ2v) is 3.80. The summed E-state index contributed by atoms with van der Waals surface area (Å²) in [4.78, 5) is 20.0. The van der Waals surface area contributed by atoms with Crippen molar-refractivity contribution in [3.05, 3.63) is 0 Å². The number of hydrogen-bond acceptors (Lipinski definition) is 6. The van der Waals surface area contributed by atoms with Crippen LogP contribution in [0.25, 0.3) is 0 Å². The zero-order valence-corrected chi connectivity index (χ0v) is 11.4. The Hall–Kier alpha value is -0.300. The van der Waals surface area contributed by atoms with Crippen LogP contribution in [0.2, 0.25) is 0 Å². The van der Waals surface area contributed by atoms with Gasteiger partial charge in [0.1, 0.15) is 0 Å². The maximum absolute atomic E-state index is 11.1. The monoisotopic (exact) mass is 270 g/mol. The summed E-state index contributed by atoms with van der Waals surface area (Å²) in [6.07, 6.45) is 0.189. The molecular weight excluding hydrogens is 247 g/mol. The molecule has 0 aromatic rings. The number of aliphatic hydroxyl groups excluding tert-OH is 1. The molecule has 5 N–H and O–H groups in total. The molecule has 0 saturated heterocycles. The number of amides is 1. The van der Waals surface area contributed by atoms with E-state index in [2.05, 4.69) is 9.84 Å². The molecule has 0 saturated carbocycles. The van der Waals surface area contributed by atoms with Gasteiger partial charge in [0.25, 0.3) is 0 Å². The smallest absolute Gasteiger partial charge is 0.329 e. The van der Waals surface area contributed by atoms with Crippen molar-refractivity contribution in [3.8, 4) is 0 Å². The van der Waals surface area contributed by atoms with Gasteiger partial charge in [-0.25, -0.2) is 0 Å². The van der Waals surface area contributed by atoms with Crippen molar-refractivity contribution in [1.82, 2.24) is 5.32 Å². The minimum absolute atomic E-state index is 0.0111. The van der Waals surface area contributed by atoms with Gasteiger partial charge in [0.2, 0.25) is 5.91 Å². The minimum atomic E-state index is -1.94. The first-order valence-corrected chi connectivity index (χ1v) is 6.53. The van der Waals surface area contributed by atoms with Crippen molar-refractivity contribution in [3.63, 3.8) is 0 Å². The lowest BCUT2D eigenvalue weighted by Crippen LogP contribution is -2.41. The number of carbonyl (C=O) groups is 1. The first-order valence-electron chi connectivity index (χ1n) is 5.40. The fourth-order valence-corrected chi connectivity index (χ4v) is 1.19. The molecule has 0 aromatic heterocycles. The highest BCUT2D eigenvalue weighted by molar-refractivity contribution is 7.40. The maximum Gasteiger partial charge on any atom is 0.329 e. The van der Waals surface area contributed by atoms with Crippen molar-refractivity contribution < 1.29 is 23.8 Å². The molecule has 0 aliphatic carbocycles. The fraction of sp³-hybridized carbons (Fsp3) is 0.889. The molecule has 0 bridgehead atoms. The molecular formula is C9H23N2O5P. The van der Waals surface area contributed by atoms with Crippen LogP contribution in [0.3, 0.4) is 0 Å². The zero-order chi connectivity index (χ0) is 13.7. The average Bonchev–Trinajstić information content (AvgIpc) is 2.36. The summed E-state index contributed by atoms with van der Waals surface area (Å²) < 4.78 is 9.30. The highest BCUT2D eigenvalue weighted by Crippen LogP contribution is 2.30. The zero-order valence-electron chi connectivity index (χ0n) is 10.5. The first kappa shape index (κ1) is 19.0. The van der Waals surface area contributed by atoms with E-state index in [9.17, 15) is 4.79 Å². The third kappa shape index (κ3) is 12.0. The van der Waals surface area contributed by atoms with Crippen LogP contribution in [0.15, 0.2) is 0 Å². The quantitative estimate of drug-likeness (QED) is 0.451. The molecule has 7 nitrogen and oxygen atoms in total. The van der Waals surface area contributed by atoms with E-state index in [1.165, 1.54) is 7.11 Å². The van der Waals surface area contributed by atoms with Crippen molar-refractivity contribution in [1.29, 1.82) is 0 Å². The van der Waals surface area contributed by atoms with Gasteiger partial charge >= 0.3 is 8.60 Å². The van der Waals surface area contributed by atoms with Crippen LogP contribution in [0.1, 0.15) is 20.3 Å². The van der Waals surface area contributed by atoms with E-state index in [4.69, 9.17) is 20.3 Å². The van der Waals surface area contributed by atoms with Crippen molar-refractivity contribution >= 4 is 14.5 Å². The Morgan fingerprint density at radius 1 is 1.53 bits per heavy atom. The van der Waals surface area contributed by atoms with E-state index < -0.39 is 14.6 Å². The van der Waals surface area contributed by atoms with Gasteiger partial charge in [0.15, 0.2) is 0 Å². The van der Waals surface area contributed by atoms with Gasteiger partial charge in [0, 0.05) is 20.1 Å². The molecule has 0 rings (SSSR count). The van der Waals surface area contributed by atoms with Gasteiger partial charge in [-0.15, -0.1) is 0 Å². The number of nitrogens with one attached hydrogen (secondary N) is 1. The Labute approximate surface area is 103 Å². The molecule has 104 valence electrons. The van der Waals surface area contributed by atoms with Crippen LogP contribution in [-0.2, 0) is 13.8 Å². The predicted molar refractivity (Wildman–Crippen MR) is 66.1 cm³/mol. The number of rotatable bonds is 8. The molecule has 8 heteroatoms. The second-order valence-electron chi connectivity index (χ2n) is 2.70. The molecule has 2 unspecified atom stereocenters. The number of carbonyl (C=O) groups excluding carboxylic acids is 1. The maximum atomic E-state index is 11.1. The lowest BCUT2D eigenvalue weighted by Gasteiger charge is -2.17. The Bertz CT molecular complexity index is 185. The summed E-state index contributed by atoms with van der Waals surface area (Å²) >= 11 is 0. The van der Waals surface area contributed by atoms with Crippen LogP contribution in [0, 0.1) is 0 Å². The van der Waals surface area contributed by atoms with Crippen LogP contribution < -0.4 is 11.1 Å². The molecule has 1 amide bonds. The number of nitrogens with two attached hydrogens (primary N) is 1. The molecule has 0 fully saturated rings. The van der Waals surface area contributed by atoms with Gasteiger partial charge in [0.05, 0.1) is 19.3 Å². The normalized spacial score (nSPS) is 13.3. The Balaban J connectivity index is 0. The van der Waals surface area contributed by atoms with Crippen molar-refractivity contribution in [2.75, 3.05) is 26.9 Å². The van der Waals surface area contributed by atoms with E-state index in [0.29, 0.717) is 0 Å². The third-order valence-corrected chi connectivity index (χ3v) is 2.18. The number of hydrogen-bond donors (Lipinski definition) is 4. The van der Waals surface area contributed by atoms with E-state index in [-0.39, 0.29) is 32.1 Å². The summed E-state index contributed by atoms with van der Waals surface area (Å²) in [5, 5.41) is 11.4. The Morgan fingerprint density at radius 3 is 2.53 bits per heavy atom. The third-order valence-electron chi connectivity index (χ3n) is 1.50. The molecule has 17 heavy (non-hydrogen) atoms. The minimum Gasteiger partial charge on any atom is -0.394 e. The van der Waals surface area contributed by atoms with Gasteiger partial charge in [-0.05, 0) is 0 Å². The summed E-state index contributed by atoms with van der Waals surface area (Å²) in [7, 11) is -0.638. The van der Waals surface area contributed by atoms with Crippen molar-refractivity contribution in [2.45, 2.75) is 26.3 Å².